The number of benzene rings is 2. The van der Waals surface area contributed by atoms with E-state index in [0.717, 1.165) is 11.1 Å². The summed E-state index contributed by atoms with van der Waals surface area (Å²) in [6.45, 7) is 0.987. The average Bonchev–Trinajstić information content (AvgIpc) is 3.16. The lowest BCUT2D eigenvalue weighted by Gasteiger charge is -2.24. The van der Waals surface area contributed by atoms with Gasteiger partial charge in [0.2, 0.25) is 0 Å². The number of nitriles is 1. The summed E-state index contributed by atoms with van der Waals surface area (Å²) in [4.78, 5) is 2.00. The third kappa shape index (κ3) is 3.72. The molecule has 0 fully saturated rings. The number of anilines is 1. The van der Waals surface area contributed by atoms with E-state index in [1.165, 1.54) is 16.8 Å². The zero-order valence-electron chi connectivity index (χ0n) is 14.2. The van der Waals surface area contributed by atoms with Gasteiger partial charge in [0.25, 0.3) is 0 Å². The van der Waals surface area contributed by atoms with Gasteiger partial charge in [0.15, 0.2) is 11.5 Å². The molecule has 0 radical (unpaired) electrons. The van der Waals surface area contributed by atoms with E-state index in [1.54, 1.807) is 24.3 Å². The van der Waals surface area contributed by atoms with Crippen molar-refractivity contribution in [1.29, 1.82) is 5.26 Å². The van der Waals surface area contributed by atoms with Crippen molar-refractivity contribution in [2.24, 2.45) is 0 Å². The molecule has 8 heteroatoms. The molecular weight excluding hydrogens is 345 g/mol. The standard InChI is InChI=1S/C19H14FN7/c20-17-3-1-2-16(10-17)13-26(12-15-6-4-14(11-21)5-7-15)19-9-8-18-22-24-25-27(18)23-19/h1-10H,12-13H2. The highest BCUT2D eigenvalue weighted by atomic mass is 19.1. The van der Waals surface area contributed by atoms with E-state index in [2.05, 4.69) is 26.7 Å². The Kier molecular flexibility index (Phi) is 4.41. The fraction of sp³-hybridized carbons (Fsp3) is 0.105. The molecule has 0 bridgehead atoms. The minimum absolute atomic E-state index is 0.283. The molecule has 0 saturated heterocycles. The van der Waals surface area contributed by atoms with Crippen LogP contribution in [0, 0.1) is 17.1 Å². The van der Waals surface area contributed by atoms with Crippen LogP contribution in [0.2, 0.25) is 0 Å². The molecule has 2 aromatic heterocycles. The molecule has 0 N–H and O–H groups in total. The Morgan fingerprint density at radius 1 is 1.00 bits per heavy atom. The van der Waals surface area contributed by atoms with Gasteiger partial charge in [-0.15, -0.1) is 14.8 Å². The van der Waals surface area contributed by atoms with Gasteiger partial charge in [-0.1, -0.05) is 24.3 Å². The van der Waals surface area contributed by atoms with E-state index in [4.69, 9.17) is 5.26 Å². The molecule has 27 heavy (non-hydrogen) atoms. The molecule has 2 heterocycles. The number of halogens is 1. The number of tetrazole rings is 1. The third-order valence-electron chi connectivity index (χ3n) is 4.10. The highest BCUT2D eigenvalue weighted by Crippen LogP contribution is 2.19. The van der Waals surface area contributed by atoms with Crippen LogP contribution in [-0.2, 0) is 13.1 Å². The van der Waals surface area contributed by atoms with Crippen molar-refractivity contribution in [3.05, 3.63) is 83.2 Å². The van der Waals surface area contributed by atoms with Gasteiger partial charge in [0.05, 0.1) is 11.6 Å². The van der Waals surface area contributed by atoms with Gasteiger partial charge >= 0.3 is 0 Å². The van der Waals surface area contributed by atoms with Gasteiger partial charge in [0.1, 0.15) is 5.82 Å². The molecule has 0 amide bonds. The van der Waals surface area contributed by atoms with Crippen molar-refractivity contribution in [2.75, 3.05) is 4.90 Å². The highest BCUT2D eigenvalue weighted by molar-refractivity contribution is 5.46. The summed E-state index contributed by atoms with van der Waals surface area (Å²) in [5, 5.41) is 24.7. The van der Waals surface area contributed by atoms with Gasteiger partial charge in [-0.3, -0.25) is 0 Å². The third-order valence-corrected chi connectivity index (χ3v) is 4.10. The Morgan fingerprint density at radius 3 is 2.59 bits per heavy atom. The first kappa shape index (κ1) is 16.6. The van der Waals surface area contributed by atoms with Crippen LogP contribution >= 0.6 is 0 Å². The van der Waals surface area contributed by atoms with Gasteiger partial charge < -0.3 is 4.90 Å². The van der Waals surface area contributed by atoms with Crippen LogP contribution in [0.5, 0.6) is 0 Å². The second kappa shape index (κ2) is 7.17. The molecule has 0 saturated carbocycles. The average molecular weight is 359 g/mol. The Balaban J connectivity index is 1.67. The van der Waals surface area contributed by atoms with Crippen LogP contribution < -0.4 is 4.90 Å². The lowest BCUT2D eigenvalue weighted by atomic mass is 10.1. The van der Waals surface area contributed by atoms with Crippen molar-refractivity contribution >= 4 is 11.5 Å². The summed E-state index contributed by atoms with van der Waals surface area (Å²) in [6, 6.07) is 19.5. The number of nitrogens with zero attached hydrogens (tertiary/aromatic N) is 7. The SMILES string of the molecule is N#Cc1ccc(CN(Cc2cccc(F)c2)c2ccc3nnnn3n2)cc1. The molecule has 0 aliphatic heterocycles. The highest BCUT2D eigenvalue weighted by Gasteiger charge is 2.12. The van der Waals surface area contributed by atoms with Crippen molar-refractivity contribution in [3.63, 3.8) is 0 Å². The maximum Gasteiger partial charge on any atom is 0.200 e. The van der Waals surface area contributed by atoms with Gasteiger partial charge in [-0.2, -0.15) is 5.26 Å². The molecule has 0 atom stereocenters. The molecule has 0 aliphatic rings. The monoisotopic (exact) mass is 359 g/mol. The van der Waals surface area contributed by atoms with E-state index in [-0.39, 0.29) is 5.82 Å². The molecule has 4 rings (SSSR count). The van der Waals surface area contributed by atoms with E-state index < -0.39 is 0 Å². The maximum atomic E-state index is 13.6. The number of aromatic nitrogens is 5. The predicted octanol–water partition coefficient (Wildman–Crippen LogP) is 2.74. The Hall–Kier alpha value is -3.86. The number of hydrogen-bond donors (Lipinski definition) is 0. The summed E-state index contributed by atoms with van der Waals surface area (Å²) in [7, 11) is 0. The second-order valence-electron chi connectivity index (χ2n) is 6.01. The van der Waals surface area contributed by atoms with Crippen molar-refractivity contribution in [1.82, 2.24) is 25.3 Å². The van der Waals surface area contributed by atoms with Crippen molar-refractivity contribution in [2.45, 2.75) is 13.1 Å². The van der Waals surface area contributed by atoms with Crippen LogP contribution in [0.25, 0.3) is 5.65 Å². The molecule has 0 aliphatic carbocycles. The minimum atomic E-state index is -0.283. The van der Waals surface area contributed by atoms with E-state index >= 15 is 0 Å². The van der Waals surface area contributed by atoms with E-state index in [9.17, 15) is 4.39 Å². The molecule has 0 spiro atoms. The van der Waals surface area contributed by atoms with Gasteiger partial charge in [-0.05, 0) is 58.0 Å². The molecular formula is C19H14FN7. The summed E-state index contributed by atoms with van der Waals surface area (Å²) < 4.78 is 15.0. The lowest BCUT2D eigenvalue weighted by molar-refractivity contribution is 0.623. The summed E-state index contributed by atoms with van der Waals surface area (Å²) in [6.07, 6.45) is 0. The summed E-state index contributed by atoms with van der Waals surface area (Å²) >= 11 is 0. The van der Waals surface area contributed by atoms with Crippen LogP contribution in [0.15, 0.2) is 60.7 Å². The predicted molar refractivity (Wildman–Crippen MR) is 96.0 cm³/mol. The van der Waals surface area contributed by atoms with Crippen LogP contribution in [0.3, 0.4) is 0 Å². The Morgan fingerprint density at radius 2 is 1.81 bits per heavy atom. The van der Waals surface area contributed by atoms with Crippen molar-refractivity contribution < 1.29 is 4.39 Å². The molecule has 0 unspecified atom stereocenters. The maximum absolute atomic E-state index is 13.6. The number of rotatable bonds is 5. The Bertz CT molecular complexity index is 1110. The fourth-order valence-corrected chi connectivity index (χ4v) is 2.79. The first-order valence-electron chi connectivity index (χ1n) is 8.25. The van der Waals surface area contributed by atoms with Gasteiger partial charge in [-0.25, -0.2) is 4.39 Å². The second-order valence-corrected chi connectivity index (χ2v) is 6.01. The van der Waals surface area contributed by atoms with E-state index in [0.29, 0.717) is 30.1 Å². The zero-order chi connectivity index (χ0) is 18.6. The van der Waals surface area contributed by atoms with Crippen LogP contribution in [-0.4, -0.2) is 25.3 Å². The lowest BCUT2D eigenvalue weighted by Crippen LogP contribution is -2.24. The zero-order valence-corrected chi connectivity index (χ0v) is 14.2. The molecule has 2 aromatic carbocycles. The minimum Gasteiger partial charge on any atom is -0.346 e. The molecule has 4 aromatic rings. The normalized spacial score (nSPS) is 10.7. The topological polar surface area (TPSA) is 83.0 Å². The summed E-state index contributed by atoms with van der Waals surface area (Å²) in [5.74, 6) is 0.373. The largest absolute Gasteiger partial charge is 0.346 e. The Labute approximate surface area is 154 Å². The smallest absolute Gasteiger partial charge is 0.200 e. The first-order chi connectivity index (χ1) is 13.2. The summed E-state index contributed by atoms with van der Waals surface area (Å²) in [5.41, 5.74) is 2.97. The fourth-order valence-electron chi connectivity index (χ4n) is 2.79. The van der Waals surface area contributed by atoms with Crippen molar-refractivity contribution in [3.8, 4) is 6.07 Å². The number of fused-ring (bicyclic) bond motifs is 1. The van der Waals surface area contributed by atoms with Crippen LogP contribution in [0.4, 0.5) is 10.2 Å². The number of hydrogen-bond acceptors (Lipinski definition) is 6. The van der Waals surface area contributed by atoms with E-state index in [1.807, 2.05) is 29.2 Å². The quantitative estimate of drug-likeness (QED) is 0.545. The molecule has 132 valence electrons. The first-order valence-corrected chi connectivity index (χ1v) is 8.25. The molecule has 7 nitrogen and oxygen atoms in total. The van der Waals surface area contributed by atoms with Gasteiger partial charge in [0, 0.05) is 13.1 Å². The van der Waals surface area contributed by atoms with Crippen LogP contribution in [0.1, 0.15) is 16.7 Å².